The van der Waals surface area contributed by atoms with Gasteiger partial charge in [0.25, 0.3) is 15.9 Å². The summed E-state index contributed by atoms with van der Waals surface area (Å²) in [6.45, 7) is 1.02. The number of aromatic nitrogens is 4. The van der Waals surface area contributed by atoms with Crippen molar-refractivity contribution in [3.8, 4) is 23.5 Å². The van der Waals surface area contributed by atoms with Crippen LogP contribution in [0.2, 0.25) is 0 Å². The van der Waals surface area contributed by atoms with E-state index in [2.05, 4.69) is 25.9 Å². The highest BCUT2D eigenvalue weighted by molar-refractivity contribution is 7.89. The first-order valence-corrected chi connectivity index (χ1v) is 17.4. The lowest BCUT2D eigenvalue weighted by Gasteiger charge is -2.40. The van der Waals surface area contributed by atoms with E-state index in [4.69, 9.17) is 11.2 Å². The van der Waals surface area contributed by atoms with Crippen LogP contribution >= 0.6 is 0 Å². The van der Waals surface area contributed by atoms with Crippen LogP contribution in [0.4, 0.5) is 0 Å². The molecule has 1 amide bonds. The number of nitrogens with one attached hydrogen (secondary N) is 1. The summed E-state index contributed by atoms with van der Waals surface area (Å²) < 4.78 is 61.9. The predicted octanol–water partition coefficient (Wildman–Crippen LogP) is 1.57. The zero-order chi connectivity index (χ0) is 31.6. The molecule has 45 heavy (non-hydrogen) atoms. The van der Waals surface area contributed by atoms with Gasteiger partial charge in [0.15, 0.2) is 0 Å². The summed E-state index contributed by atoms with van der Waals surface area (Å²) >= 11 is 0. The molecule has 1 N–H and O–H groups in total. The highest BCUT2D eigenvalue weighted by Crippen LogP contribution is 2.26. The Morgan fingerprint density at radius 1 is 0.956 bits per heavy atom. The summed E-state index contributed by atoms with van der Waals surface area (Å²) in [6, 6.07) is 9.53. The number of aromatic amines is 1. The van der Waals surface area contributed by atoms with Crippen LogP contribution in [0, 0.1) is 12.3 Å². The minimum Gasteiger partial charge on any atom is -0.379 e. The number of nitrogens with zero attached hydrogens (tertiary/aromatic N) is 6. The Labute approximate surface area is 261 Å². The molecule has 13 nitrogen and oxygen atoms in total. The van der Waals surface area contributed by atoms with Crippen LogP contribution in [0.15, 0.2) is 66.2 Å². The van der Waals surface area contributed by atoms with Gasteiger partial charge in [-0.2, -0.15) is 8.61 Å². The van der Waals surface area contributed by atoms with Gasteiger partial charge in [-0.15, -0.1) is 6.42 Å². The third-order valence-corrected chi connectivity index (χ3v) is 11.7. The lowest BCUT2D eigenvalue weighted by Crippen LogP contribution is -2.57. The van der Waals surface area contributed by atoms with Gasteiger partial charge >= 0.3 is 0 Å². The Hall–Kier alpha value is -4.20. The second kappa shape index (κ2) is 12.7. The molecule has 0 radical (unpaired) electrons. The van der Waals surface area contributed by atoms with Crippen molar-refractivity contribution in [2.45, 2.75) is 17.5 Å². The fourth-order valence-electron chi connectivity index (χ4n) is 5.53. The van der Waals surface area contributed by atoms with E-state index < -0.39 is 32.0 Å². The molecule has 0 saturated carbocycles. The van der Waals surface area contributed by atoms with E-state index in [1.807, 2.05) is 0 Å². The quantitative estimate of drug-likeness (QED) is 0.280. The number of piperazine rings is 1. The van der Waals surface area contributed by atoms with Gasteiger partial charge in [-0.05, 0) is 48.4 Å². The molecule has 234 valence electrons. The van der Waals surface area contributed by atoms with Gasteiger partial charge in [0.05, 0.1) is 19.0 Å². The number of sulfonamides is 2. The first-order chi connectivity index (χ1) is 21.7. The maximum absolute atomic E-state index is 13.8. The first kappa shape index (κ1) is 30.8. The van der Waals surface area contributed by atoms with Crippen LogP contribution in [-0.2, 0) is 24.8 Å². The van der Waals surface area contributed by atoms with E-state index >= 15 is 0 Å². The minimum absolute atomic E-state index is 0.000850. The number of hydrogen-bond acceptors (Lipinski definition) is 9. The van der Waals surface area contributed by atoms with Crippen molar-refractivity contribution in [1.82, 2.24) is 33.4 Å². The van der Waals surface area contributed by atoms with Gasteiger partial charge in [0.2, 0.25) is 15.8 Å². The maximum atomic E-state index is 13.8. The molecule has 2 fully saturated rings. The van der Waals surface area contributed by atoms with E-state index in [9.17, 15) is 21.6 Å². The highest BCUT2D eigenvalue weighted by atomic mass is 32.2. The van der Waals surface area contributed by atoms with Crippen LogP contribution in [-0.4, -0.2) is 114 Å². The van der Waals surface area contributed by atoms with Gasteiger partial charge in [-0.3, -0.25) is 9.78 Å². The lowest BCUT2D eigenvalue weighted by atomic mass is 10.1. The molecule has 2 aliphatic heterocycles. The molecular formula is C30H31N7O6S2. The number of amides is 1. The Morgan fingerprint density at radius 3 is 2.40 bits per heavy atom. The number of benzene rings is 1. The monoisotopic (exact) mass is 649 g/mol. The topological polar surface area (TPSA) is 159 Å². The van der Waals surface area contributed by atoms with E-state index in [1.165, 1.54) is 32.0 Å². The number of carbonyl (C=O) groups excluding carboxylic acids is 1. The molecule has 15 heteroatoms. The number of hydrogen-bond donors (Lipinski definition) is 1. The van der Waals surface area contributed by atoms with Gasteiger partial charge in [-0.1, -0.05) is 5.92 Å². The average molecular weight is 650 g/mol. The predicted molar refractivity (Wildman–Crippen MR) is 166 cm³/mol. The summed E-state index contributed by atoms with van der Waals surface area (Å²) in [5, 5.41) is 0.638. The Morgan fingerprint density at radius 2 is 1.69 bits per heavy atom. The number of fused-ring (bicyclic) bond motifs is 1. The van der Waals surface area contributed by atoms with Crippen LogP contribution in [0.25, 0.3) is 22.0 Å². The number of pyridine rings is 1. The number of carbonyl (C=O) groups is 1. The Bertz CT molecular complexity index is 1950. The molecule has 0 aliphatic carbocycles. The molecule has 0 spiro atoms. The lowest BCUT2D eigenvalue weighted by molar-refractivity contribution is 0.0544. The SMILES string of the molecule is C#Cc1ccc2[nH]c(S(=O)(=O)N3CCN(C(=O)c4ncc(-c5ccncc5)cn4)C(CCS(=O)(=O)N4CCOCC4)C3)cc2c1. The second-order valence-corrected chi connectivity index (χ2v) is 14.7. The van der Waals surface area contributed by atoms with Crippen LogP contribution in [0.5, 0.6) is 0 Å². The smallest absolute Gasteiger partial charge is 0.291 e. The third-order valence-electron chi connectivity index (χ3n) is 8.02. The molecule has 4 aromatic rings. The Kier molecular flexibility index (Phi) is 8.67. The van der Waals surface area contributed by atoms with Crippen molar-refractivity contribution in [2.75, 3.05) is 51.7 Å². The van der Waals surface area contributed by atoms with Crippen molar-refractivity contribution < 1.29 is 26.4 Å². The summed E-state index contributed by atoms with van der Waals surface area (Å²) in [5.74, 6) is 1.71. The summed E-state index contributed by atoms with van der Waals surface area (Å²) in [6.07, 6.45) is 11.9. The summed E-state index contributed by atoms with van der Waals surface area (Å²) in [4.78, 5) is 30.7. The van der Waals surface area contributed by atoms with Crippen molar-refractivity contribution >= 4 is 36.9 Å². The fraction of sp³-hybridized carbons (Fsp3) is 0.333. The third kappa shape index (κ3) is 6.46. The molecule has 6 rings (SSSR count). The Balaban J connectivity index is 1.25. The van der Waals surface area contributed by atoms with Crippen LogP contribution in [0.3, 0.4) is 0 Å². The number of terminal acetylenes is 1. The van der Waals surface area contributed by atoms with Gasteiger partial charge in [0.1, 0.15) is 5.03 Å². The summed E-state index contributed by atoms with van der Waals surface area (Å²) in [7, 11) is -7.70. The minimum atomic E-state index is -4.03. The van der Waals surface area contributed by atoms with Crippen molar-refractivity contribution in [3.63, 3.8) is 0 Å². The van der Waals surface area contributed by atoms with E-state index in [-0.39, 0.29) is 55.7 Å². The van der Waals surface area contributed by atoms with E-state index in [1.54, 1.807) is 42.7 Å². The number of ether oxygens (including phenoxy) is 1. The molecule has 2 aliphatic rings. The molecule has 2 saturated heterocycles. The van der Waals surface area contributed by atoms with Crippen LogP contribution < -0.4 is 0 Å². The van der Waals surface area contributed by atoms with Gasteiger partial charge in [-0.25, -0.2) is 26.8 Å². The van der Waals surface area contributed by atoms with E-state index in [0.29, 0.717) is 35.2 Å². The highest BCUT2D eigenvalue weighted by Gasteiger charge is 2.39. The molecule has 1 unspecified atom stereocenters. The largest absolute Gasteiger partial charge is 0.379 e. The molecule has 1 atom stereocenters. The first-order valence-electron chi connectivity index (χ1n) is 14.3. The average Bonchev–Trinajstić information content (AvgIpc) is 3.52. The van der Waals surface area contributed by atoms with Gasteiger partial charge in [0, 0.05) is 85.6 Å². The maximum Gasteiger partial charge on any atom is 0.291 e. The molecule has 3 aromatic heterocycles. The van der Waals surface area contributed by atoms with Crippen molar-refractivity contribution in [3.05, 3.63) is 72.6 Å². The fourth-order valence-corrected chi connectivity index (χ4v) is 8.55. The molecule has 1 aromatic carbocycles. The van der Waals surface area contributed by atoms with Crippen molar-refractivity contribution in [1.29, 1.82) is 0 Å². The standard InChI is InChI=1S/C30H31N7O6S2/c1-2-22-3-4-27-24(17-22)18-28(34-27)45(41,42)36-10-11-37(26(21-36)7-16-44(39,40)35-12-14-43-15-13-35)30(38)29-32-19-25(20-33-29)23-5-8-31-9-6-23/h1,3-6,8-9,17-20,26,34H,7,10-16,21H2. The summed E-state index contributed by atoms with van der Waals surface area (Å²) in [5.41, 5.74) is 2.77. The van der Waals surface area contributed by atoms with Gasteiger partial charge < -0.3 is 14.6 Å². The second-order valence-electron chi connectivity index (χ2n) is 10.7. The van der Waals surface area contributed by atoms with Crippen molar-refractivity contribution in [2.24, 2.45) is 0 Å². The normalized spacial score (nSPS) is 18.6. The van der Waals surface area contributed by atoms with Crippen LogP contribution in [0.1, 0.15) is 22.6 Å². The molecule has 0 bridgehead atoms. The van der Waals surface area contributed by atoms with E-state index in [0.717, 1.165) is 5.56 Å². The molecular weight excluding hydrogens is 619 g/mol. The zero-order valence-corrected chi connectivity index (χ0v) is 25.9. The zero-order valence-electron chi connectivity index (χ0n) is 24.2. The molecule has 5 heterocycles. The number of rotatable bonds is 8. The number of H-pyrrole nitrogens is 1. The number of morpholine rings is 1.